The highest BCUT2D eigenvalue weighted by Crippen LogP contribution is 2.34. The molecule has 0 saturated heterocycles. The molecule has 0 spiro atoms. The fourth-order valence-corrected chi connectivity index (χ4v) is 2.36. The standard InChI is InChI=1S/C13H12FNS/c1-9-4-2-3-5-12(9)16-13-8-10(14)6-7-11(13)15/h2-8H,15H2,1H3. The van der Waals surface area contributed by atoms with Gasteiger partial charge in [0.1, 0.15) is 5.82 Å². The average Bonchev–Trinajstić information content (AvgIpc) is 2.27. The predicted molar refractivity (Wildman–Crippen MR) is 66.1 cm³/mol. The SMILES string of the molecule is Cc1ccccc1Sc1cc(F)ccc1N. The van der Waals surface area contributed by atoms with E-state index < -0.39 is 0 Å². The van der Waals surface area contributed by atoms with Crippen LogP contribution in [0.2, 0.25) is 0 Å². The van der Waals surface area contributed by atoms with Crippen molar-refractivity contribution in [3.63, 3.8) is 0 Å². The van der Waals surface area contributed by atoms with Gasteiger partial charge in [0, 0.05) is 15.5 Å². The Bertz CT molecular complexity index is 511. The minimum Gasteiger partial charge on any atom is -0.398 e. The zero-order valence-corrected chi connectivity index (χ0v) is 9.72. The van der Waals surface area contributed by atoms with Crippen LogP contribution in [0, 0.1) is 12.7 Å². The van der Waals surface area contributed by atoms with Gasteiger partial charge in [-0.25, -0.2) is 4.39 Å². The summed E-state index contributed by atoms with van der Waals surface area (Å²) in [6.07, 6.45) is 0. The smallest absolute Gasteiger partial charge is 0.124 e. The van der Waals surface area contributed by atoms with Gasteiger partial charge in [-0.3, -0.25) is 0 Å². The van der Waals surface area contributed by atoms with Crippen LogP contribution < -0.4 is 5.73 Å². The van der Waals surface area contributed by atoms with Crippen LogP contribution in [0.1, 0.15) is 5.56 Å². The Hall–Kier alpha value is -1.48. The summed E-state index contributed by atoms with van der Waals surface area (Å²) in [5, 5.41) is 0. The fraction of sp³-hybridized carbons (Fsp3) is 0.0769. The summed E-state index contributed by atoms with van der Waals surface area (Å²) >= 11 is 1.49. The summed E-state index contributed by atoms with van der Waals surface area (Å²) in [4.78, 5) is 1.86. The fourth-order valence-electron chi connectivity index (χ4n) is 1.39. The first kappa shape index (κ1) is 11.0. The summed E-state index contributed by atoms with van der Waals surface area (Å²) in [6, 6.07) is 12.4. The Morgan fingerprint density at radius 1 is 1.06 bits per heavy atom. The van der Waals surface area contributed by atoms with E-state index in [-0.39, 0.29) is 5.82 Å². The minimum atomic E-state index is -0.259. The molecule has 0 bridgehead atoms. The molecule has 2 N–H and O–H groups in total. The Morgan fingerprint density at radius 2 is 1.81 bits per heavy atom. The van der Waals surface area contributed by atoms with Crippen molar-refractivity contribution in [1.29, 1.82) is 0 Å². The van der Waals surface area contributed by atoms with Crippen LogP contribution in [0.4, 0.5) is 10.1 Å². The molecule has 0 amide bonds. The summed E-state index contributed by atoms with van der Waals surface area (Å²) in [7, 11) is 0. The maximum atomic E-state index is 13.1. The Kier molecular flexibility index (Phi) is 3.15. The monoisotopic (exact) mass is 233 g/mol. The summed E-state index contributed by atoms with van der Waals surface area (Å²) in [5.41, 5.74) is 7.57. The minimum absolute atomic E-state index is 0.259. The van der Waals surface area contributed by atoms with Crippen molar-refractivity contribution >= 4 is 17.4 Å². The largest absolute Gasteiger partial charge is 0.398 e. The number of nitrogens with two attached hydrogens (primary N) is 1. The van der Waals surface area contributed by atoms with Gasteiger partial charge in [-0.2, -0.15) is 0 Å². The highest BCUT2D eigenvalue weighted by Gasteiger charge is 2.05. The third kappa shape index (κ3) is 2.36. The van der Waals surface area contributed by atoms with Crippen LogP contribution in [0.25, 0.3) is 0 Å². The second-order valence-corrected chi connectivity index (χ2v) is 4.63. The number of nitrogen functional groups attached to an aromatic ring is 1. The number of halogens is 1. The van der Waals surface area contributed by atoms with Crippen LogP contribution in [0.15, 0.2) is 52.3 Å². The molecule has 1 nitrogen and oxygen atoms in total. The van der Waals surface area contributed by atoms with E-state index in [0.29, 0.717) is 5.69 Å². The molecule has 2 rings (SSSR count). The van der Waals surface area contributed by atoms with Crippen molar-refractivity contribution in [2.24, 2.45) is 0 Å². The van der Waals surface area contributed by atoms with Gasteiger partial charge < -0.3 is 5.73 Å². The van der Waals surface area contributed by atoms with E-state index in [4.69, 9.17) is 5.73 Å². The van der Waals surface area contributed by atoms with E-state index in [1.165, 1.54) is 23.9 Å². The molecule has 0 atom stereocenters. The van der Waals surface area contributed by atoms with E-state index in [9.17, 15) is 4.39 Å². The second kappa shape index (κ2) is 4.58. The van der Waals surface area contributed by atoms with Gasteiger partial charge in [-0.05, 0) is 36.8 Å². The van der Waals surface area contributed by atoms with Gasteiger partial charge in [-0.15, -0.1) is 0 Å². The van der Waals surface area contributed by atoms with Gasteiger partial charge in [0.15, 0.2) is 0 Å². The second-order valence-electron chi connectivity index (χ2n) is 3.55. The molecular weight excluding hydrogens is 221 g/mol. The van der Waals surface area contributed by atoms with Crippen molar-refractivity contribution in [2.45, 2.75) is 16.7 Å². The lowest BCUT2D eigenvalue weighted by atomic mass is 10.2. The third-order valence-electron chi connectivity index (χ3n) is 2.29. The molecular formula is C13H12FNS. The summed E-state index contributed by atoms with van der Waals surface area (Å²) in [6.45, 7) is 2.03. The highest BCUT2D eigenvalue weighted by atomic mass is 32.2. The van der Waals surface area contributed by atoms with Crippen LogP contribution in [0.5, 0.6) is 0 Å². The van der Waals surface area contributed by atoms with Gasteiger partial charge in [0.2, 0.25) is 0 Å². The Morgan fingerprint density at radius 3 is 2.56 bits per heavy atom. The van der Waals surface area contributed by atoms with E-state index in [2.05, 4.69) is 0 Å². The van der Waals surface area contributed by atoms with Crippen LogP contribution in [-0.2, 0) is 0 Å². The highest BCUT2D eigenvalue weighted by molar-refractivity contribution is 7.99. The number of aryl methyl sites for hydroxylation is 1. The first-order valence-corrected chi connectivity index (χ1v) is 5.77. The molecule has 0 heterocycles. The molecule has 3 heteroatoms. The molecule has 0 unspecified atom stereocenters. The molecule has 0 aromatic heterocycles. The predicted octanol–water partition coefficient (Wildman–Crippen LogP) is 3.87. The van der Waals surface area contributed by atoms with Crippen molar-refractivity contribution < 1.29 is 4.39 Å². The zero-order valence-electron chi connectivity index (χ0n) is 8.91. The lowest BCUT2D eigenvalue weighted by Gasteiger charge is -2.07. The average molecular weight is 233 g/mol. The van der Waals surface area contributed by atoms with E-state index in [1.54, 1.807) is 6.07 Å². The van der Waals surface area contributed by atoms with Crippen molar-refractivity contribution in [1.82, 2.24) is 0 Å². The molecule has 0 radical (unpaired) electrons. The maximum absolute atomic E-state index is 13.1. The maximum Gasteiger partial charge on any atom is 0.124 e. The van der Waals surface area contributed by atoms with Gasteiger partial charge in [0.25, 0.3) is 0 Å². The lowest BCUT2D eigenvalue weighted by Crippen LogP contribution is -1.89. The Labute approximate surface area is 98.5 Å². The first-order valence-electron chi connectivity index (χ1n) is 4.95. The van der Waals surface area contributed by atoms with Crippen LogP contribution in [0.3, 0.4) is 0 Å². The topological polar surface area (TPSA) is 26.0 Å². The van der Waals surface area contributed by atoms with Crippen molar-refractivity contribution in [2.75, 3.05) is 5.73 Å². The van der Waals surface area contributed by atoms with Crippen LogP contribution in [-0.4, -0.2) is 0 Å². The first-order chi connectivity index (χ1) is 7.66. The lowest BCUT2D eigenvalue weighted by molar-refractivity contribution is 0.624. The number of anilines is 1. The Balaban J connectivity index is 2.34. The zero-order chi connectivity index (χ0) is 11.5. The molecule has 2 aromatic rings. The molecule has 82 valence electrons. The van der Waals surface area contributed by atoms with Gasteiger partial charge >= 0.3 is 0 Å². The molecule has 0 aliphatic rings. The van der Waals surface area contributed by atoms with Gasteiger partial charge in [0.05, 0.1) is 0 Å². The molecule has 0 fully saturated rings. The molecule has 0 aliphatic carbocycles. The number of benzene rings is 2. The molecule has 0 saturated carbocycles. The summed E-state index contributed by atoms with van der Waals surface area (Å²) in [5.74, 6) is -0.259. The third-order valence-corrected chi connectivity index (χ3v) is 3.54. The van der Waals surface area contributed by atoms with Gasteiger partial charge in [-0.1, -0.05) is 30.0 Å². The quantitative estimate of drug-likeness (QED) is 0.797. The van der Waals surface area contributed by atoms with Crippen LogP contribution >= 0.6 is 11.8 Å². The summed E-state index contributed by atoms with van der Waals surface area (Å²) < 4.78 is 13.1. The number of rotatable bonds is 2. The van der Waals surface area contributed by atoms with E-state index >= 15 is 0 Å². The number of hydrogen-bond donors (Lipinski definition) is 1. The molecule has 0 aliphatic heterocycles. The van der Waals surface area contributed by atoms with Crippen molar-refractivity contribution in [3.8, 4) is 0 Å². The van der Waals surface area contributed by atoms with Crippen molar-refractivity contribution in [3.05, 3.63) is 53.8 Å². The normalized spacial score (nSPS) is 10.4. The van der Waals surface area contributed by atoms with E-state index in [1.807, 2.05) is 31.2 Å². The van der Waals surface area contributed by atoms with E-state index in [0.717, 1.165) is 15.4 Å². The molecule has 16 heavy (non-hydrogen) atoms. The molecule has 2 aromatic carbocycles. The number of hydrogen-bond acceptors (Lipinski definition) is 2.